The minimum atomic E-state index is -3.82. The van der Waals surface area contributed by atoms with E-state index >= 15 is 0 Å². The molecule has 0 spiro atoms. The van der Waals surface area contributed by atoms with Crippen LogP contribution in [-0.4, -0.2) is 27.1 Å². The smallest absolute Gasteiger partial charge is 0.296 e. The van der Waals surface area contributed by atoms with E-state index in [2.05, 4.69) is 0 Å². The van der Waals surface area contributed by atoms with E-state index in [-0.39, 0.29) is 23.7 Å². The summed E-state index contributed by atoms with van der Waals surface area (Å²) in [6.07, 6.45) is 0.844. The summed E-state index contributed by atoms with van der Waals surface area (Å²) in [5.41, 5.74) is -0.107. The molecule has 1 aromatic carbocycles. The Hall–Kier alpha value is -1.53. The summed E-state index contributed by atoms with van der Waals surface area (Å²) in [6.45, 7) is 6.51. The van der Waals surface area contributed by atoms with Crippen molar-refractivity contribution < 1.29 is 22.2 Å². The van der Waals surface area contributed by atoms with Crippen LogP contribution in [0.25, 0.3) is 0 Å². The third-order valence-electron chi connectivity index (χ3n) is 3.48. The molecule has 0 aromatic heterocycles. The van der Waals surface area contributed by atoms with Crippen molar-refractivity contribution in [1.82, 2.24) is 0 Å². The molecule has 0 radical (unpaired) electrons. The topological polar surface area (TPSA) is 77.5 Å². The highest BCUT2D eigenvalue weighted by molar-refractivity contribution is 7.86. The van der Waals surface area contributed by atoms with Crippen LogP contribution in [0.3, 0.4) is 0 Å². The van der Waals surface area contributed by atoms with Crippen molar-refractivity contribution in [2.24, 2.45) is 11.3 Å². The number of ketones is 1. The zero-order valence-corrected chi connectivity index (χ0v) is 14.1. The maximum absolute atomic E-state index is 12.0. The van der Waals surface area contributed by atoms with Gasteiger partial charge in [0.25, 0.3) is 10.1 Å². The first-order valence-electron chi connectivity index (χ1n) is 7.07. The van der Waals surface area contributed by atoms with Gasteiger partial charge in [-0.15, -0.1) is 0 Å². The summed E-state index contributed by atoms with van der Waals surface area (Å²) in [6, 6.07) is 6.34. The molecule has 122 valence electrons. The van der Waals surface area contributed by atoms with Crippen LogP contribution in [0.15, 0.2) is 29.2 Å². The second-order valence-corrected chi connectivity index (χ2v) is 7.60. The third-order valence-corrected chi connectivity index (χ3v) is 4.80. The number of rotatable bonds is 8. The lowest BCUT2D eigenvalue weighted by Gasteiger charge is -2.20. The molecular formula is C16H22O5S. The Morgan fingerprint density at radius 1 is 1.27 bits per heavy atom. The van der Waals surface area contributed by atoms with Gasteiger partial charge in [-0.2, -0.15) is 8.42 Å². The number of hydrogen-bond donors (Lipinski definition) is 0. The molecule has 22 heavy (non-hydrogen) atoms. The SMILES string of the molecule is Cc1ccc(S(=O)(=O)OCC[C@H](C)C(=O)C(C)(C)C=O)cc1. The Morgan fingerprint density at radius 2 is 1.82 bits per heavy atom. The molecule has 0 N–H and O–H groups in total. The Bertz CT molecular complexity index is 629. The van der Waals surface area contributed by atoms with E-state index in [1.165, 1.54) is 12.1 Å². The monoisotopic (exact) mass is 326 g/mol. The van der Waals surface area contributed by atoms with Gasteiger partial charge in [0.1, 0.15) is 12.1 Å². The molecule has 0 saturated heterocycles. The number of aldehydes is 1. The maximum atomic E-state index is 12.0. The van der Waals surface area contributed by atoms with E-state index in [9.17, 15) is 18.0 Å². The minimum Gasteiger partial charge on any atom is -0.302 e. The van der Waals surface area contributed by atoms with Crippen molar-refractivity contribution in [2.45, 2.75) is 39.0 Å². The summed E-state index contributed by atoms with van der Waals surface area (Å²) in [7, 11) is -3.82. The molecule has 0 heterocycles. The van der Waals surface area contributed by atoms with Gasteiger partial charge in [-0.1, -0.05) is 24.6 Å². The summed E-state index contributed by atoms with van der Waals surface area (Å²) in [5, 5.41) is 0. The molecule has 0 aliphatic heterocycles. The molecule has 5 nitrogen and oxygen atoms in total. The number of benzene rings is 1. The number of aryl methyl sites for hydroxylation is 1. The van der Waals surface area contributed by atoms with Gasteiger partial charge in [0.15, 0.2) is 0 Å². The molecular weight excluding hydrogens is 304 g/mol. The van der Waals surface area contributed by atoms with Crippen molar-refractivity contribution in [3.05, 3.63) is 29.8 Å². The highest BCUT2D eigenvalue weighted by Gasteiger charge is 2.31. The largest absolute Gasteiger partial charge is 0.302 e. The Morgan fingerprint density at radius 3 is 2.32 bits per heavy atom. The van der Waals surface area contributed by atoms with Gasteiger partial charge in [0, 0.05) is 5.92 Å². The lowest BCUT2D eigenvalue weighted by Crippen LogP contribution is -2.31. The van der Waals surface area contributed by atoms with Gasteiger partial charge in [0.2, 0.25) is 0 Å². The molecule has 0 bridgehead atoms. The van der Waals surface area contributed by atoms with Gasteiger partial charge in [0.05, 0.1) is 16.9 Å². The molecule has 0 fully saturated rings. The van der Waals surface area contributed by atoms with Gasteiger partial charge >= 0.3 is 0 Å². The van der Waals surface area contributed by atoms with Crippen LogP contribution >= 0.6 is 0 Å². The molecule has 0 unspecified atom stereocenters. The van der Waals surface area contributed by atoms with Crippen LogP contribution in [0.1, 0.15) is 32.8 Å². The van der Waals surface area contributed by atoms with Crippen LogP contribution in [-0.2, 0) is 23.9 Å². The number of hydrogen-bond acceptors (Lipinski definition) is 5. The molecule has 1 atom stereocenters. The molecule has 0 saturated carbocycles. The van der Waals surface area contributed by atoms with Crippen molar-refractivity contribution in [2.75, 3.05) is 6.61 Å². The second kappa shape index (κ2) is 7.15. The van der Waals surface area contributed by atoms with E-state index in [0.717, 1.165) is 5.56 Å². The average molecular weight is 326 g/mol. The third kappa shape index (κ3) is 4.74. The van der Waals surface area contributed by atoms with Gasteiger partial charge in [-0.05, 0) is 39.3 Å². The van der Waals surface area contributed by atoms with E-state index in [1.54, 1.807) is 32.9 Å². The van der Waals surface area contributed by atoms with Crippen LogP contribution in [0.5, 0.6) is 0 Å². The number of carbonyl (C=O) groups excluding carboxylic acids is 2. The van der Waals surface area contributed by atoms with Crippen molar-refractivity contribution >= 4 is 22.2 Å². The lowest BCUT2D eigenvalue weighted by atomic mass is 9.82. The summed E-state index contributed by atoms with van der Waals surface area (Å²) < 4.78 is 28.9. The number of Topliss-reactive ketones (excluding diaryl/α,β-unsaturated/α-hetero) is 1. The molecule has 6 heteroatoms. The summed E-state index contributed by atoms with van der Waals surface area (Å²) >= 11 is 0. The second-order valence-electron chi connectivity index (χ2n) is 5.98. The van der Waals surface area contributed by atoms with Crippen molar-refractivity contribution in [3.8, 4) is 0 Å². The molecule has 0 aliphatic carbocycles. The van der Waals surface area contributed by atoms with E-state index in [4.69, 9.17) is 4.18 Å². The van der Waals surface area contributed by atoms with Crippen LogP contribution in [0.2, 0.25) is 0 Å². The predicted octanol–water partition coefficient (Wildman–Crippen LogP) is 2.52. The van der Waals surface area contributed by atoms with Gasteiger partial charge in [-0.25, -0.2) is 0 Å². The van der Waals surface area contributed by atoms with E-state index in [1.807, 2.05) is 6.92 Å². The van der Waals surface area contributed by atoms with Gasteiger partial charge < -0.3 is 4.79 Å². The first kappa shape index (κ1) is 18.5. The zero-order valence-electron chi connectivity index (χ0n) is 13.3. The van der Waals surface area contributed by atoms with E-state index < -0.39 is 21.5 Å². The Balaban J connectivity index is 2.61. The van der Waals surface area contributed by atoms with Crippen LogP contribution in [0, 0.1) is 18.3 Å². The van der Waals surface area contributed by atoms with Crippen molar-refractivity contribution in [3.63, 3.8) is 0 Å². The Kier molecular flexibility index (Phi) is 6.02. The maximum Gasteiger partial charge on any atom is 0.296 e. The van der Waals surface area contributed by atoms with E-state index in [0.29, 0.717) is 6.29 Å². The minimum absolute atomic E-state index is 0.0882. The molecule has 0 aliphatic rings. The molecule has 1 aromatic rings. The fourth-order valence-corrected chi connectivity index (χ4v) is 2.85. The van der Waals surface area contributed by atoms with Crippen LogP contribution < -0.4 is 0 Å². The fraction of sp³-hybridized carbons (Fsp3) is 0.500. The fourth-order valence-electron chi connectivity index (χ4n) is 1.93. The number of carbonyl (C=O) groups is 2. The highest BCUT2D eigenvalue weighted by Crippen LogP contribution is 2.21. The highest BCUT2D eigenvalue weighted by atomic mass is 32.2. The first-order valence-corrected chi connectivity index (χ1v) is 8.48. The summed E-state index contributed by atoms with van der Waals surface area (Å²) in [4.78, 5) is 23.0. The molecule has 0 amide bonds. The standard InChI is InChI=1S/C16H22O5S/c1-12-5-7-14(8-6-12)22(19,20)21-10-9-13(2)15(18)16(3,4)11-17/h5-8,11,13H,9-10H2,1-4H3/t13-/m0/s1. The van der Waals surface area contributed by atoms with Crippen molar-refractivity contribution in [1.29, 1.82) is 0 Å². The predicted molar refractivity (Wildman–Crippen MR) is 82.9 cm³/mol. The normalized spacial score (nSPS) is 13.6. The lowest BCUT2D eigenvalue weighted by molar-refractivity contribution is -0.135. The summed E-state index contributed by atoms with van der Waals surface area (Å²) in [5.74, 6) is -0.674. The quantitative estimate of drug-likeness (QED) is 0.417. The molecule has 1 rings (SSSR count). The first-order chi connectivity index (χ1) is 10.1. The van der Waals surface area contributed by atoms with Gasteiger partial charge in [-0.3, -0.25) is 8.98 Å². The van der Waals surface area contributed by atoms with Crippen LogP contribution in [0.4, 0.5) is 0 Å². The zero-order chi connectivity index (χ0) is 17.0. The average Bonchev–Trinajstić information content (AvgIpc) is 2.46. The Labute approximate surface area is 131 Å².